The zero-order chi connectivity index (χ0) is 19.0. The number of amides is 2. The van der Waals surface area contributed by atoms with Crippen LogP contribution in [0.15, 0.2) is 36.4 Å². The number of ether oxygens (including phenoxy) is 1. The van der Waals surface area contributed by atoms with Gasteiger partial charge >= 0.3 is 0 Å². The van der Waals surface area contributed by atoms with Gasteiger partial charge in [-0.3, -0.25) is 9.59 Å². The number of phenols is 1. The number of carbonyl (C=O) groups is 2. The number of phenolic OH excluding ortho intramolecular Hbond substituents is 1. The Hall–Kier alpha value is -3.02. The van der Waals surface area contributed by atoms with Crippen LogP contribution in [0, 0.1) is 12.8 Å². The van der Waals surface area contributed by atoms with Crippen LogP contribution in [0.4, 0.5) is 0 Å². The maximum absolute atomic E-state index is 12.8. The molecular formula is C21H22N2O4. The number of carbonyl (C=O) groups excluding carboxylic acids is 2. The maximum Gasteiger partial charge on any atom is 0.228 e. The molecule has 1 atom stereocenters. The van der Waals surface area contributed by atoms with Crippen LogP contribution in [0.1, 0.15) is 17.5 Å². The summed E-state index contributed by atoms with van der Waals surface area (Å²) in [5, 5.41) is 13.2. The molecule has 6 nitrogen and oxygen atoms in total. The van der Waals surface area contributed by atoms with E-state index < -0.39 is 0 Å². The molecule has 2 N–H and O–H groups in total. The second kappa shape index (κ2) is 6.95. The van der Waals surface area contributed by atoms with Crippen LogP contribution in [-0.4, -0.2) is 41.5 Å². The van der Waals surface area contributed by atoms with E-state index in [1.54, 1.807) is 11.0 Å². The van der Waals surface area contributed by atoms with Gasteiger partial charge in [0.1, 0.15) is 6.61 Å². The summed E-state index contributed by atoms with van der Waals surface area (Å²) in [4.78, 5) is 26.0. The van der Waals surface area contributed by atoms with Gasteiger partial charge in [-0.05, 0) is 35.7 Å². The predicted octanol–water partition coefficient (Wildman–Crippen LogP) is 2.22. The van der Waals surface area contributed by atoms with Gasteiger partial charge in [0.15, 0.2) is 11.5 Å². The van der Waals surface area contributed by atoms with Crippen molar-refractivity contribution in [3.8, 4) is 22.6 Å². The molecule has 27 heavy (non-hydrogen) atoms. The van der Waals surface area contributed by atoms with E-state index in [2.05, 4.69) is 5.32 Å². The molecule has 0 saturated carbocycles. The van der Waals surface area contributed by atoms with Gasteiger partial charge in [0, 0.05) is 25.1 Å². The molecule has 2 heterocycles. The molecule has 0 radical (unpaired) electrons. The number of hydrogen-bond acceptors (Lipinski definition) is 4. The van der Waals surface area contributed by atoms with Crippen molar-refractivity contribution in [2.24, 2.45) is 5.92 Å². The molecule has 6 heteroatoms. The lowest BCUT2D eigenvalue weighted by atomic mass is 9.97. The Balaban J connectivity index is 1.66. The molecule has 140 valence electrons. The van der Waals surface area contributed by atoms with Crippen LogP contribution in [0.2, 0.25) is 0 Å². The van der Waals surface area contributed by atoms with Crippen LogP contribution in [0.3, 0.4) is 0 Å². The number of rotatable bonds is 2. The van der Waals surface area contributed by atoms with Gasteiger partial charge in [0.05, 0.1) is 12.5 Å². The van der Waals surface area contributed by atoms with Crippen LogP contribution in [-0.2, 0) is 16.1 Å². The highest BCUT2D eigenvalue weighted by Gasteiger charge is 2.33. The number of hydrogen-bond donors (Lipinski definition) is 2. The minimum atomic E-state index is -0.327. The van der Waals surface area contributed by atoms with E-state index in [4.69, 9.17) is 4.74 Å². The second-order valence-corrected chi connectivity index (χ2v) is 7.11. The smallest absolute Gasteiger partial charge is 0.228 e. The molecule has 2 aliphatic rings. The first-order valence-corrected chi connectivity index (χ1v) is 9.13. The van der Waals surface area contributed by atoms with Crippen molar-refractivity contribution in [2.45, 2.75) is 19.9 Å². The quantitative estimate of drug-likeness (QED) is 0.854. The van der Waals surface area contributed by atoms with E-state index in [0.717, 1.165) is 22.3 Å². The number of nitrogens with one attached hydrogen (secondary N) is 1. The fourth-order valence-electron chi connectivity index (χ4n) is 3.78. The fraction of sp³-hybridized carbons (Fsp3) is 0.333. The van der Waals surface area contributed by atoms with E-state index in [1.165, 1.54) is 0 Å². The summed E-state index contributed by atoms with van der Waals surface area (Å²) in [6.45, 7) is 3.50. The van der Waals surface area contributed by atoms with Crippen LogP contribution in [0.5, 0.6) is 11.5 Å². The first kappa shape index (κ1) is 17.4. The molecular weight excluding hydrogens is 344 g/mol. The average molecular weight is 366 g/mol. The molecule has 0 spiro atoms. The predicted molar refractivity (Wildman–Crippen MR) is 100 cm³/mol. The summed E-state index contributed by atoms with van der Waals surface area (Å²) in [7, 11) is 0. The Kier molecular flexibility index (Phi) is 4.48. The highest BCUT2D eigenvalue weighted by molar-refractivity contribution is 5.89. The van der Waals surface area contributed by atoms with Crippen molar-refractivity contribution in [1.82, 2.24) is 10.2 Å². The Bertz CT molecular complexity index is 909. The number of benzene rings is 2. The molecule has 1 unspecified atom stereocenters. The van der Waals surface area contributed by atoms with E-state index in [0.29, 0.717) is 32.0 Å². The zero-order valence-electron chi connectivity index (χ0n) is 15.2. The molecule has 1 fully saturated rings. The summed E-state index contributed by atoms with van der Waals surface area (Å²) in [5.41, 5.74) is 3.80. The molecule has 2 aromatic carbocycles. The van der Waals surface area contributed by atoms with Gasteiger partial charge in [0.2, 0.25) is 11.8 Å². The zero-order valence-corrected chi connectivity index (χ0v) is 15.2. The van der Waals surface area contributed by atoms with Gasteiger partial charge in [-0.1, -0.05) is 24.3 Å². The normalized spacial score (nSPS) is 19.1. The summed E-state index contributed by atoms with van der Waals surface area (Å²) in [5.74, 6) is 0.0538. The summed E-state index contributed by atoms with van der Waals surface area (Å²) < 4.78 is 5.74. The van der Waals surface area contributed by atoms with Crippen molar-refractivity contribution >= 4 is 11.8 Å². The van der Waals surface area contributed by atoms with E-state index in [-0.39, 0.29) is 29.9 Å². The number of aryl methyl sites for hydroxylation is 1. The minimum Gasteiger partial charge on any atom is -0.504 e. The first-order valence-electron chi connectivity index (χ1n) is 9.13. The van der Waals surface area contributed by atoms with Crippen LogP contribution >= 0.6 is 0 Å². The molecule has 2 amide bonds. The fourth-order valence-corrected chi connectivity index (χ4v) is 3.78. The Morgan fingerprint density at radius 1 is 1.30 bits per heavy atom. The summed E-state index contributed by atoms with van der Waals surface area (Å²) >= 11 is 0. The lowest BCUT2D eigenvalue weighted by Gasteiger charge is -2.23. The largest absolute Gasteiger partial charge is 0.504 e. The molecule has 0 aromatic heterocycles. The first-order chi connectivity index (χ1) is 13.0. The summed E-state index contributed by atoms with van der Waals surface area (Å²) in [6.07, 6.45) is 0.234. The molecule has 1 saturated heterocycles. The molecule has 4 rings (SSSR count). The van der Waals surface area contributed by atoms with Crippen LogP contribution in [0.25, 0.3) is 11.1 Å². The third-order valence-corrected chi connectivity index (χ3v) is 5.21. The molecule has 0 aliphatic carbocycles. The SMILES string of the molecule is Cc1ccccc1-c1cc(O)c2c(c1)CN(C(=O)C1CNC(=O)C1)CCO2. The van der Waals surface area contributed by atoms with Crippen molar-refractivity contribution < 1.29 is 19.4 Å². The van der Waals surface area contributed by atoms with Crippen molar-refractivity contribution in [3.63, 3.8) is 0 Å². The van der Waals surface area contributed by atoms with Gasteiger partial charge in [-0.25, -0.2) is 0 Å². The van der Waals surface area contributed by atoms with Gasteiger partial charge < -0.3 is 20.1 Å². The monoisotopic (exact) mass is 366 g/mol. The van der Waals surface area contributed by atoms with Gasteiger partial charge in [-0.2, -0.15) is 0 Å². The standard InChI is InChI=1S/C21H22N2O4/c1-13-4-2-3-5-17(13)14-8-16-12-23(6-7-27-20(16)18(24)9-14)21(26)15-10-19(25)22-11-15/h2-5,8-9,15,24H,6-7,10-12H2,1H3,(H,22,25). The average Bonchev–Trinajstić information content (AvgIpc) is 2.96. The highest BCUT2D eigenvalue weighted by Crippen LogP contribution is 2.38. The molecule has 2 aliphatic heterocycles. The number of nitrogens with zero attached hydrogens (tertiary/aromatic N) is 1. The maximum atomic E-state index is 12.8. The van der Waals surface area contributed by atoms with E-state index in [1.807, 2.05) is 37.3 Å². The van der Waals surface area contributed by atoms with Crippen molar-refractivity contribution in [1.29, 1.82) is 0 Å². The minimum absolute atomic E-state index is 0.0504. The number of aromatic hydroxyl groups is 1. The summed E-state index contributed by atoms with van der Waals surface area (Å²) in [6, 6.07) is 11.6. The van der Waals surface area contributed by atoms with Gasteiger partial charge in [0.25, 0.3) is 0 Å². The highest BCUT2D eigenvalue weighted by atomic mass is 16.5. The Labute approximate surface area is 157 Å². The molecule has 0 bridgehead atoms. The van der Waals surface area contributed by atoms with Crippen molar-refractivity contribution in [2.75, 3.05) is 19.7 Å². The van der Waals surface area contributed by atoms with E-state index >= 15 is 0 Å². The third-order valence-electron chi connectivity index (χ3n) is 5.21. The van der Waals surface area contributed by atoms with Gasteiger partial charge in [-0.15, -0.1) is 0 Å². The lowest BCUT2D eigenvalue weighted by molar-refractivity contribution is -0.136. The van der Waals surface area contributed by atoms with Crippen LogP contribution < -0.4 is 10.1 Å². The molecule has 2 aromatic rings. The van der Waals surface area contributed by atoms with E-state index in [9.17, 15) is 14.7 Å². The second-order valence-electron chi connectivity index (χ2n) is 7.11. The number of fused-ring (bicyclic) bond motifs is 1. The topological polar surface area (TPSA) is 78.9 Å². The Morgan fingerprint density at radius 2 is 2.11 bits per heavy atom. The van der Waals surface area contributed by atoms with Crippen molar-refractivity contribution in [3.05, 3.63) is 47.5 Å². The Morgan fingerprint density at radius 3 is 2.85 bits per heavy atom. The lowest BCUT2D eigenvalue weighted by Crippen LogP contribution is -2.37. The third kappa shape index (κ3) is 3.35.